The molecule has 1 aliphatic rings. The molecule has 0 amide bonds. The fraction of sp³-hybridized carbons (Fsp3) is 0.364. The third kappa shape index (κ3) is 4.95. The topological polar surface area (TPSA) is 49.9 Å². The number of anilines is 1. The van der Waals surface area contributed by atoms with Crippen molar-refractivity contribution in [2.24, 2.45) is 0 Å². The third-order valence-electron chi connectivity index (χ3n) is 4.87. The van der Waals surface area contributed by atoms with Gasteiger partial charge in [0.15, 0.2) is 11.6 Å². The van der Waals surface area contributed by atoms with Gasteiger partial charge in [-0.25, -0.2) is 0 Å². The fourth-order valence-electron chi connectivity index (χ4n) is 3.27. The van der Waals surface area contributed by atoms with E-state index in [-0.39, 0.29) is 11.6 Å². The summed E-state index contributed by atoms with van der Waals surface area (Å²) in [5.41, 5.74) is 2.58. The molecule has 1 fully saturated rings. The number of piperazine rings is 1. The van der Waals surface area contributed by atoms with Crippen LogP contribution in [0.4, 0.5) is 5.69 Å². The Morgan fingerprint density at radius 1 is 0.889 bits per heavy atom. The molecule has 0 bridgehead atoms. The van der Waals surface area contributed by atoms with Crippen LogP contribution in [0.3, 0.4) is 0 Å². The minimum absolute atomic E-state index is 0.0826. The molecule has 0 aliphatic carbocycles. The summed E-state index contributed by atoms with van der Waals surface area (Å²) in [6, 6.07) is 15.1. The van der Waals surface area contributed by atoms with Crippen LogP contribution in [0.25, 0.3) is 0 Å². The van der Waals surface area contributed by atoms with E-state index < -0.39 is 0 Å². The monoisotopic (exact) mass is 366 g/mol. The molecule has 1 heterocycles. The normalized spacial score (nSPS) is 14.8. The molecule has 0 saturated carbocycles. The predicted octanol–water partition coefficient (Wildman–Crippen LogP) is 3.29. The molecule has 5 nitrogen and oxygen atoms in total. The maximum absolute atomic E-state index is 12.5. The number of hydrogen-bond acceptors (Lipinski definition) is 5. The second kappa shape index (κ2) is 8.82. The number of nitrogens with zero attached hydrogens (tertiary/aromatic N) is 2. The lowest BCUT2D eigenvalue weighted by atomic mass is 10.1. The van der Waals surface area contributed by atoms with Crippen molar-refractivity contribution < 1.29 is 14.3 Å². The summed E-state index contributed by atoms with van der Waals surface area (Å²) < 4.78 is 5.42. The average molecular weight is 366 g/mol. The van der Waals surface area contributed by atoms with Gasteiger partial charge in [-0.3, -0.25) is 14.5 Å². The number of Topliss-reactive ketones (excluding diaryl/α,β-unsaturated/α-hetero) is 2. The Labute approximate surface area is 160 Å². The molecule has 0 spiro atoms. The highest BCUT2D eigenvalue weighted by molar-refractivity contribution is 5.97. The van der Waals surface area contributed by atoms with Gasteiger partial charge in [-0.2, -0.15) is 0 Å². The molecule has 0 radical (unpaired) electrons. The largest absolute Gasteiger partial charge is 0.494 e. The standard InChI is InChI=1S/C22H26N2O3/c1-3-27-21-10-6-19(7-11-21)22(26)16-23-12-14-24(15-13-23)20-8-4-18(5-9-20)17(2)25/h4-11H,3,12-16H2,1-2H3. The maximum atomic E-state index is 12.5. The van der Waals surface area contributed by atoms with Crippen LogP contribution in [0.15, 0.2) is 48.5 Å². The zero-order chi connectivity index (χ0) is 19.2. The van der Waals surface area contributed by atoms with Gasteiger partial charge in [0.25, 0.3) is 0 Å². The number of benzene rings is 2. The first kappa shape index (κ1) is 19.1. The lowest BCUT2D eigenvalue weighted by Crippen LogP contribution is -2.48. The van der Waals surface area contributed by atoms with Gasteiger partial charge in [0.05, 0.1) is 13.2 Å². The summed E-state index contributed by atoms with van der Waals surface area (Å²) in [6.45, 7) is 8.01. The number of hydrogen-bond donors (Lipinski definition) is 0. The van der Waals surface area contributed by atoms with Crippen molar-refractivity contribution >= 4 is 17.3 Å². The van der Waals surface area contributed by atoms with Crippen molar-refractivity contribution in [2.45, 2.75) is 13.8 Å². The van der Waals surface area contributed by atoms with Gasteiger partial charge in [-0.15, -0.1) is 0 Å². The number of rotatable bonds is 7. The SMILES string of the molecule is CCOc1ccc(C(=O)CN2CCN(c3ccc(C(C)=O)cc3)CC2)cc1. The molecule has 0 unspecified atom stereocenters. The molecule has 1 aliphatic heterocycles. The van der Waals surface area contributed by atoms with E-state index >= 15 is 0 Å². The van der Waals surface area contributed by atoms with Crippen LogP contribution in [-0.4, -0.2) is 55.8 Å². The van der Waals surface area contributed by atoms with Crippen molar-refractivity contribution in [1.82, 2.24) is 4.90 Å². The molecule has 0 aromatic heterocycles. The molecule has 1 saturated heterocycles. The van der Waals surface area contributed by atoms with Crippen LogP contribution in [0.1, 0.15) is 34.6 Å². The van der Waals surface area contributed by atoms with Crippen LogP contribution in [0.2, 0.25) is 0 Å². The summed E-state index contributed by atoms with van der Waals surface area (Å²) >= 11 is 0. The molecule has 5 heteroatoms. The Hall–Kier alpha value is -2.66. The van der Waals surface area contributed by atoms with Crippen molar-refractivity contribution in [2.75, 3.05) is 44.2 Å². The number of carbonyl (C=O) groups excluding carboxylic acids is 2. The highest BCUT2D eigenvalue weighted by Gasteiger charge is 2.20. The van der Waals surface area contributed by atoms with Crippen LogP contribution in [0, 0.1) is 0 Å². The highest BCUT2D eigenvalue weighted by atomic mass is 16.5. The Balaban J connectivity index is 1.51. The van der Waals surface area contributed by atoms with E-state index in [1.54, 1.807) is 6.92 Å². The molecule has 2 aromatic carbocycles. The predicted molar refractivity (Wildman–Crippen MR) is 107 cm³/mol. The van der Waals surface area contributed by atoms with Gasteiger partial charge in [0, 0.05) is 43.0 Å². The average Bonchev–Trinajstić information content (AvgIpc) is 2.69. The lowest BCUT2D eigenvalue weighted by Gasteiger charge is -2.35. The molecular weight excluding hydrogens is 340 g/mol. The van der Waals surface area contributed by atoms with E-state index in [9.17, 15) is 9.59 Å². The Kier molecular flexibility index (Phi) is 6.24. The summed E-state index contributed by atoms with van der Waals surface area (Å²) in [5.74, 6) is 1.01. The smallest absolute Gasteiger partial charge is 0.176 e. The minimum Gasteiger partial charge on any atom is -0.494 e. The second-order valence-electron chi connectivity index (χ2n) is 6.75. The molecule has 27 heavy (non-hydrogen) atoms. The zero-order valence-electron chi connectivity index (χ0n) is 16.0. The van der Waals surface area contributed by atoms with E-state index in [2.05, 4.69) is 9.80 Å². The second-order valence-corrected chi connectivity index (χ2v) is 6.75. The van der Waals surface area contributed by atoms with Gasteiger partial charge in [-0.1, -0.05) is 0 Å². The van der Waals surface area contributed by atoms with E-state index in [1.807, 2.05) is 55.5 Å². The molecule has 142 valence electrons. The molecule has 3 rings (SSSR count). The fourth-order valence-corrected chi connectivity index (χ4v) is 3.27. The molecule has 2 aromatic rings. The van der Waals surface area contributed by atoms with Crippen LogP contribution in [0.5, 0.6) is 5.75 Å². The van der Waals surface area contributed by atoms with E-state index in [1.165, 1.54) is 0 Å². The minimum atomic E-state index is 0.0826. The first-order valence-electron chi connectivity index (χ1n) is 9.41. The maximum Gasteiger partial charge on any atom is 0.176 e. The molecule has 0 N–H and O–H groups in total. The van der Waals surface area contributed by atoms with Gasteiger partial charge >= 0.3 is 0 Å². The number of carbonyl (C=O) groups is 2. The zero-order valence-corrected chi connectivity index (χ0v) is 16.0. The van der Waals surface area contributed by atoms with Crippen LogP contribution >= 0.6 is 0 Å². The van der Waals surface area contributed by atoms with Gasteiger partial charge < -0.3 is 9.64 Å². The Morgan fingerprint density at radius 2 is 1.48 bits per heavy atom. The number of ether oxygens (including phenoxy) is 1. The lowest BCUT2D eigenvalue weighted by molar-refractivity contribution is 0.0925. The Bertz CT molecular complexity index is 776. The highest BCUT2D eigenvalue weighted by Crippen LogP contribution is 2.18. The summed E-state index contributed by atoms with van der Waals surface area (Å²) in [6.07, 6.45) is 0. The van der Waals surface area contributed by atoms with Crippen molar-refractivity contribution in [3.8, 4) is 5.75 Å². The quantitative estimate of drug-likeness (QED) is 0.704. The van der Waals surface area contributed by atoms with Crippen molar-refractivity contribution in [1.29, 1.82) is 0 Å². The van der Waals surface area contributed by atoms with Crippen LogP contribution < -0.4 is 9.64 Å². The van der Waals surface area contributed by atoms with E-state index in [0.717, 1.165) is 48.7 Å². The van der Waals surface area contributed by atoms with E-state index in [4.69, 9.17) is 4.74 Å². The molecule has 0 atom stereocenters. The third-order valence-corrected chi connectivity index (χ3v) is 4.87. The van der Waals surface area contributed by atoms with E-state index in [0.29, 0.717) is 13.2 Å². The van der Waals surface area contributed by atoms with Gasteiger partial charge in [-0.05, 0) is 62.4 Å². The van der Waals surface area contributed by atoms with Gasteiger partial charge in [0.1, 0.15) is 5.75 Å². The van der Waals surface area contributed by atoms with Crippen molar-refractivity contribution in [3.05, 3.63) is 59.7 Å². The first-order valence-corrected chi connectivity index (χ1v) is 9.41. The first-order chi connectivity index (χ1) is 13.1. The van der Waals surface area contributed by atoms with Gasteiger partial charge in [0.2, 0.25) is 0 Å². The van der Waals surface area contributed by atoms with Crippen molar-refractivity contribution in [3.63, 3.8) is 0 Å². The Morgan fingerprint density at radius 3 is 2.04 bits per heavy atom. The summed E-state index contributed by atoms with van der Waals surface area (Å²) in [4.78, 5) is 28.4. The molecular formula is C22H26N2O3. The summed E-state index contributed by atoms with van der Waals surface area (Å²) in [5, 5.41) is 0. The number of ketones is 2. The summed E-state index contributed by atoms with van der Waals surface area (Å²) in [7, 11) is 0. The van der Waals surface area contributed by atoms with Crippen LogP contribution in [-0.2, 0) is 0 Å².